The summed E-state index contributed by atoms with van der Waals surface area (Å²) in [5, 5.41) is 0.234. The summed E-state index contributed by atoms with van der Waals surface area (Å²) in [4.78, 5) is 12.4. The van der Waals surface area contributed by atoms with Crippen LogP contribution in [0.25, 0.3) is 0 Å². The van der Waals surface area contributed by atoms with Crippen molar-refractivity contribution in [1.82, 2.24) is 0 Å². The lowest BCUT2D eigenvalue weighted by Crippen LogP contribution is -2.25. The molecule has 0 saturated carbocycles. The first-order valence-electron chi connectivity index (χ1n) is 5.95. The van der Waals surface area contributed by atoms with Crippen molar-refractivity contribution in [3.8, 4) is 0 Å². The maximum atomic E-state index is 12.4. The molecular formula is C14H20OS. The molecule has 0 aromatic heterocycles. The van der Waals surface area contributed by atoms with Gasteiger partial charge in [0.2, 0.25) is 0 Å². The van der Waals surface area contributed by atoms with E-state index in [9.17, 15) is 4.79 Å². The van der Waals surface area contributed by atoms with Crippen molar-refractivity contribution in [2.75, 3.05) is 17.8 Å². The molecule has 0 amide bonds. The van der Waals surface area contributed by atoms with Crippen molar-refractivity contribution in [2.45, 2.75) is 25.0 Å². The molecule has 16 heavy (non-hydrogen) atoms. The van der Waals surface area contributed by atoms with Gasteiger partial charge in [-0.15, -0.1) is 0 Å². The van der Waals surface area contributed by atoms with Crippen LogP contribution >= 0.6 is 10.0 Å². The molecule has 88 valence electrons. The maximum absolute atomic E-state index is 12.4. The van der Waals surface area contributed by atoms with Crippen molar-refractivity contribution in [2.24, 2.45) is 0 Å². The van der Waals surface area contributed by atoms with Crippen molar-refractivity contribution in [3.05, 3.63) is 35.9 Å². The lowest BCUT2D eigenvalue weighted by molar-refractivity contribution is 0.0993. The van der Waals surface area contributed by atoms with Crippen LogP contribution in [0.5, 0.6) is 0 Å². The Kier molecular flexibility index (Phi) is 3.38. The van der Waals surface area contributed by atoms with E-state index in [-0.39, 0.29) is 5.25 Å². The van der Waals surface area contributed by atoms with E-state index in [1.807, 2.05) is 30.3 Å². The van der Waals surface area contributed by atoms with Gasteiger partial charge in [0.25, 0.3) is 0 Å². The molecule has 1 aromatic carbocycles. The largest absolute Gasteiger partial charge is 0.293 e. The van der Waals surface area contributed by atoms with E-state index in [1.54, 1.807) is 0 Å². The van der Waals surface area contributed by atoms with Gasteiger partial charge in [-0.3, -0.25) is 4.79 Å². The minimum Gasteiger partial charge on any atom is -0.293 e. The Bertz CT molecular complexity index is 366. The highest BCUT2D eigenvalue weighted by atomic mass is 32.3. The molecule has 1 nitrogen and oxygen atoms in total. The van der Waals surface area contributed by atoms with Gasteiger partial charge in [-0.1, -0.05) is 30.3 Å². The number of benzene rings is 1. The highest BCUT2D eigenvalue weighted by Gasteiger charge is 2.33. The molecule has 2 rings (SSSR count). The lowest BCUT2D eigenvalue weighted by Gasteiger charge is -2.36. The van der Waals surface area contributed by atoms with Crippen LogP contribution in [0.3, 0.4) is 0 Å². The summed E-state index contributed by atoms with van der Waals surface area (Å²) >= 11 is 0. The van der Waals surface area contributed by atoms with E-state index in [0.717, 1.165) is 5.56 Å². The van der Waals surface area contributed by atoms with Crippen molar-refractivity contribution in [3.63, 3.8) is 0 Å². The average Bonchev–Trinajstić information content (AvgIpc) is 2.77. The van der Waals surface area contributed by atoms with E-state index >= 15 is 0 Å². The van der Waals surface area contributed by atoms with E-state index < -0.39 is 10.0 Å². The standard InChI is InChI=1S/C14H20OS/c1-12(16(2)10-6-7-11-16)14(15)13-8-4-3-5-9-13/h3-5,8-9,12H,6-7,10-11H2,1-2H3. The molecule has 0 N–H and O–H groups in total. The smallest absolute Gasteiger partial charge is 0.174 e. The van der Waals surface area contributed by atoms with Gasteiger partial charge in [0, 0.05) is 10.8 Å². The summed E-state index contributed by atoms with van der Waals surface area (Å²) in [5.41, 5.74) is 0.885. The molecule has 0 radical (unpaired) electrons. The lowest BCUT2D eigenvalue weighted by atomic mass is 10.1. The van der Waals surface area contributed by atoms with Gasteiger partial charge in [0.1, 0.15) is 0 Å². The number of ketones is 1. The summed E-state index contributed by atoms with van der Waals surface area (Å²) < 4.78 is 0. The summed E-state index contributed by atoms with van der Waals surface area (Å²) in [6.07, 6.45) is 4.99. The first-order valence-corrected chi connectivity index (χ1v) is 8.39. The fourth-order valence-electron chi connectivity index (χ4n) is 2.41. The fraction of sp³-hybridized carbons (Fsp3) is 0.500. The monoisotopic (exact) mass is 236 g/mol. The first kappa shape index (κ1) is 11.7. The maximum Gasteiger partial charge on any atom is 0.174 e. The van der Waals surface area contributed by atoms with E-state index in [4.69, 9.17) is 0 Å². The zero-order valence-electron chi connectivity index (χ0n) is 10.1. The second-order valence-electron chi connectivity index (χ2n) is 4.84. The predicted octanol–water partition coefficient (Wildman–Crippen LogP) is 3.49. The molecule has 1 unspecified atom stereocenters. The number of Topliss-reactive ketones (excluding diaryl/α,β-unsaturated/α-hetero) is 1. The number of rotatable bonds is 3. The highest BCUT2D eigenvalue weighted by molar-refractivity contribution is 8.34. The number of carbonyl (C=O) groups excluding carboxylic acids is 1. The molecule has 2 heteroatoms. The first-order chi connectivity index (χ1) is 7.63. The molecule has 1 aliphatic rings. The highest BCUT2D eigenvalue weighted by Crippen LogP contribution is 2.55. The Morgan fingerprint density at radius 2 is 1.75 bits per heavy atom. The SMILES string of the molecule is CC(C(=O)c1ccccc1)S1(C)CCCC1. The predicted molar refractivity (Wildman–Crippen MR) is 72.7 cm³/mol. The zero-order chi connectivity index (χ0) is 11.6. The van der Waals surface area contributed by atoms with Gasteiger partial charge in [0.05, 0.1) is 0 Å². The quantitative estimate of drug-likeness (QED) is 0.734. The molecule has 0 spiro atoms. The van der Waals surface area contributed by atoms with Crippen molar-refractivity contribution >= 4 is 15.8 Å². The third-order valence-corrected chi connectivity index (χ3v) is 8.12. The third kappa shape index (κ3) is 2.17. The Labute approximate surface area is 99.6 Å². The molecule has 1 aliphatic heterocycles. The van der Waals surface area contributed by atoms with Crippen LogP contribution in [0.4, 0.5) is 0 Å². The Balaban J connectivity index is 2.16. The van der Waals surface area contributed by atoms with Gasteiger partial charge in [0.15, 0.2) is 5.78 Å². The molecule has 1 fully saturated rings. The molecule has 1 atom stereocenters. The van der Waals surface area contributed by atoms with E-state index in [0.29, 0.717) is 5.78 Å². The molecule has 0 bridgehead atoms. The number of hydrogen-bond acceptors (Lipinski definition) is 1. The van der Waals surface area contributed by atoms with Crippen LogP contribution in [-0.4, -0.2) is 28.8 Å². The number of hydrogen-bond donors (Lipinski definition) is 0. The van der Waals surface area contributed by atoms with E-state index in [2.05, 4.69) is 13.2 Å². The molecule has 1 saturated heterocycles. The summed E-state index contributed by atoms with van der Waals surface area (Å²) in [6.45, 7) is 2.13. The minimum absolute atomic E-state index is 0.234. The summed E-state index contributed by atoms with van der Waals surface area (Å²) in [6, 6.07) is 9.75. The van der Waals surface area contributed by atoms with Crippen LogP contribution in [0.15, 0.2) is 30.3 Å². The molecule has 1 aromatic rings. The van der Waals surface area contributed by atoms with Crippen LogP contribution in [0.1, 0.15) is 30.1 Å². The van der Waals surface area contributed by atoms with Crippen LogP contribution in [-0.2, 0) is 0 Å². The van der Waals surface area contributed by atoms with Gasteiger partial charge in [-0.25, -0.2) is 10.0 Å². The van der Waals surface area contributed by atoms with Gasteiger partial charge in [-0.2, -0.15) is 0 Å². The number of carbonyl (C=O) groups is 1. The molecule has 1 heterocycles. The van der Waals surface area contributed by atoms with Crippen molar-refractivity contribution < 1.29 is 4.79 Å². The van der Waals surface area contributed by atoms with Gasteiger partial charge < -0.3 is 0 Å². The Morgan fingerprint density at radius 1 is 1.19 bits per heavy atom. The van der Waals surface area contributed by atoms with E-state index in [1.165, 1.54) is 24.3 Å². The second-order valence-corrected chi connectivity index (χ2v) is 9.06. The third-order valence-electron chi connectivity index (χ3n) is 3.75. The summed E-state index contributed by atoms with van der Waals surface area (Å²) in [5.74, 6) is 2.92. The van der Waals surface area contributed by atoms with Gasteiger partial charge in [-0.05, 0) is 37.5 Å². The second kappa shape index (κ2) is 4.62. The van der Waals surface area contributed by atoms with Gasteiger partial charge >= 0.3 is 0 Å². The Morgan fingerprint density at radius 3 is 2.31 bits per heavy atom. The average molecular weight is 236 g/mol. The fourth-order valence-corrected chi connectivity index (χ4v) is 5.71. The van der Waals surface area contributed by atoms with Crippen LogP contribution in [0.2, 0.25) is 0 Å². The molecule has 0 aliphatic carbocycles. The normalized spacial score (nSPS) is 22.6. The minimum atomic E-state index is -0.679. The van der Waals surface area contributed by atoms with Crippen LogP contribution in [0, 0.1) is 0 Å². The summed E-state index contributed by atoms with van der Waals surface area (Å²) in [7, 11) is -0.679. The topological polar surface area (TPSA) is 17.1 Å². The Hall–Kier alpha value is -0.760. The van der Waals surface area contributed by atoms with Crippen molar-refractivity contribution in [1.29, 1.82) is 0 Å². The van der Waals surface area contributed by atoms with Crippen LogP contribution < -0.4 is 0 Å². The zero-order valence-corrected chi connectivity index (χ0v) is 10.9. The molecular weight excluding hydrogens is 216 g/mol.